The van der Waals surface area contributed by atoms with E-state index in [4.69, 9.17) is 0 Å². The average molecular weight is 388 g/mol. The number of carbonyl (C=O) groups is 3. The largest absolute Gasteiger partial charge is 0.322 e. The van der Waals surface area contributed by atoms with Crippen molar-refractivity contribution in [2.24, 2.45) is 23.7 Å². The molecule has 3 amide bonds. The minimum absolute atomic E-state index is 0.0559. The average Bonchev–Trinajstić information content (AvgIpc) is 3.35. The first-order valence-electron chi connectivity index (χ1n) is 10.3. The molecule has 2 saturated carbocycles. The Bertz CT molecular complexity index is 979. The third kappa shape index (κ3) is 2.87. The second-order valence-electron chi connectivity index (χ2n) is 8.77. The lowest BCUT2D eigenvalue weighted by molar-refractivity contribution is -0.123. The normalized spacial score (nSPS) is 27.4. The molecule has 1 aliphatic heterocycles. The van der Waals surface area contributed by atoms with Gasteiger partial charge in [0.15, 0.2) is 0 Å². The fourth-order valence-electron chi connectivity index (χ4n) is 5.68. The van der Waals surface area contributed by atoms with Crippen molar-refractivity contribution in [1.82, 2.24) is 0 Å². The monoisotopic (exact) mass is 388 g/mol. The lowest BCUT2D eigenvalue weighted by atomic mass is 9.81. The van der Waals surface area contributed by atoms with E-state index in [2.05, 4.69) is 11.4 Å². The van der Waals surface area contributed by atoms with Crippen LogP contribution in [0.3, 0.4) is 0 Å². The Morgan fingerprint density at radius 2 is 1.45 bits per heavy atom. The first-order valence-corrected chi connectivity index (χ1v) is 10.3. The van der Waals surface area contributed by atoms with Crippen molar-refractivity contribution in [2.45, 2.75) is 33.1 Å². The summed E-state index contributed by atoms with van der Waals surface area (Å²) in [6.45, 7) is 3.98. The fraction of sp³-hybridized carbons (Fsp3) is 0.375. The number of aryl methyl sites for hydroxylation is 2. The second-order valence-corrected chi connectivity index (χ2v) is 8.77. The van der Waals surface area contributed by atoms with Crippen molar-refractivity contribution >= 4 is 29.1 Å². The van der Waals surface area contributed by atoms with Crippen molar-refractivity contribution in [3.63, 3.8) is 0 Å². The highest BCUT2D eigenvalue weighted by Gasteiger charge is 2.61. The van der Waals surface area contributed by atoms with E-state index in [-0.39, 0.29) is 29.6 Å². The number of hydrogen-bond acceptors (Lipinski definition) is 3. The van der Waals surface area contributed by atoms with Gasteiger partial charge in [-0.3, -0.25) is 19.3 Å². The molecule has 1 saturated heterocycles. The van der Waals surface area contributed by atoms with Gasteiger partial charge in [0.1, 0.15) is 0 Å². The van der Waals surface area contributed by atoms with Crippen LogP contribution in [0, 0.1) is 37.5 Å². The number of carbonyl (C=O) groups excluding carboxylic acids is 3. The highest BCUT2D eigenvalue weighted by Crippen LogP contribution is 2.56. The van der Waals surface area contributed by atoms with Crippen LogP contribution in [-0.4, -0.2) is 17.7 Å². The first-order chi connectivity index (χ1) is 13.9. The maximum absolute atomic E-state index is 12.9. The number of rotatable bonds is 3. The van der Waals surface area contributed by atoms with Crippen LogP contribution < -0.4 is 10.2 Å². The highest BCUT2D eigenvalue weighted by molar-refractivity contribution is 6.22. The molecule has 0 unspecified atom stereocenters. The van der Waals surface area contributed by atoms with E-state index in [1.165, 1.54) is 4.90 Å². The molecule has 0 spiro atoms. The van der Waals surface area contributed by atoms with E-state index in [9.17, 15) is 14.4 Å². The van der Waals surface area contributed by atoms with Crippen molar-refractivity contribution in [1.29, 1.82) is 0 Å². The molecule has 148 valence electrons. The second kappa shape index (κ2) is 6.55. The number of amides is 3. The zero-order valence-corrected chi connectivity index (χ0v) is 16.6. The van der Waals surface area contributed by atoms with Gasteiger partial charge in [0.05, 0.1) is 17.5 Å². The standard InChI is InChI=1S/C24H24N2O3/c1-13-9-14(2)11-18(10-13)25-22(27)15-5-7-19(8-6-15)26-23(28)20-16-3-4-17(12-16)21(20)24(26)29/h5-11,16-17,20-21H,3-4,12H2,1-2H3,(H,25,27)/t16-,17-,20+,21+/m0/s1. The van der Waals surface area contributed by atoms with Gasteiger partial charge in [-0.05, 0) is 92.5 Å². The van der Waals surface area contributed by atoms with Crippen LogP contribution in [0.2, 0.25) is 0 Å². The summed E-state index contributed by atoms with van der Waals surface area (Å²) in [5.41, 5.74) is 3.98. The highest BCUT2D eigenvalue weighted by atomic mass is 16.2. The lowest BCUT2D eigenvalue weighted by Gasteiger charge is -2.19. The molecule has 1 N–H and O–H groups in total. The lowest BCUT2D eigenvalue weighted by Crippen LogP contribution is -2.32. The predicted molar refractivity (Wildman–Crippen MR) is 111 cm³/mol. The quantitative estimate of drug-likeness (QED) is 0.806. The van der Waals surface area contributed by atoms with Gasteiger partial charge in [-0.25, -0.2) is 0 Å². The van der Waals surface area contributed by atoms with Crippen molar-refractivity contribution in [2.75, 3.05) is 10.2 Å². The molecule has 0 radical (unpaired) electrons. The Morgan fingerprint density at radius 1 is 0.897 bits per heavy atom. The molecule has 2 bridgehead atoms. The maximum Gasteiger partial charge on any atom is 0.255 e. The molecule has 5 heteroatoms. The van der Waals surface area contributed by atoms with Crippen LogP contribution in [0.4, 0.5) is 11.4 Å². The number of nitrogens with one attached hydrogen (secondary N) is 1. The smallest absolute Gasteiger partial charge is 0.255 e. The number of anilines is 2. The van der Waals surface area contributed by atoms with Crippen LogP contribution in [0.25, 0.3) is 0 Å². The summed E-state index contributed by atoms with van der Waals surface area (Å²) in [6.07, 6.45) is 3.16. The molecule has 5 rings (SSSR count). The Kier molecular flexibility index (Phi) is 4.09. The molecule has 4 atom stereocenters. The topological polar surface area (TPSA) is 66.5 Å². The predicted octanol–water partition coefficient (Wildman–Crippen LogP) is 4.09. The minimum Gasteiger partial charge on any atom is -0.322 e. The molecule has 5 nitrogen and oxygen atoms in total. The number of benzene rings is 2. The van der Waals surface area contributed by atoms with Crippen LogP contribution in [0.15, 0.2) is 42.5 Å². The van der Waals surface area contributed by atoms with E-state index in [1.807, 2.05) is 26.0 Å². The molecule has 3 aliphatic rings. The van der Waals surface area contributed by atoms with Gasteiger partial charge in [0, 0.05) is 11.3 Å². The Balaban J connectivity index is 1.34. The molecular weight excluding hydrogens is 364 g/mol. The molecule has 1 heterocycles. The number of fused-ring (bicyclic) bond motifs is 5. The Hall–Kier alpha value is -2.95. The third-order valence-electron chi connectivity index (χ3n) is 6.79. The van der Waals surface area contributed by atoms with Gasteiger partial charge in [0.25, 0.3) is 5.91 Å². The van der Waals surface area contributed by atoms with E-state index in [0.29, 0.717) is 23.1 Å². The summed E-state index contributed by atoms with van der Waals surface area (Å²) in [7, 11) is 0. The van der Waals surface area contributed by atoms with Crippen LogP contribution in [0.5, 0.6) is 0 Å². The number of imide groups is 1. The van der Waals surface area contributed by atoms with Gasteiger partial charge >= 0.3 is 0 Å². The summed E-state index contributed by atoms with van der Waals surface area (Å²) in [5, 5.41) is 2.91. The number of hydrogen-bond donors (Lipinski definition) is 1. The SMILES string of the molecule is Cc1cc(C)cc(NC(=O)c2ccc(N3C(=O)[C@@H]4[C@H]5CC[C@@H](C5)[C@H]4C3=O)cc2)c1. The summed E-state index contributed by atoms with van der Waals surface area (Å²) in [6, 6.07) is 12.7. The van der Waals surface area contributed by atoms with E-state index in [1.54, 1.807) is 24.3 Å². The Morgan fingerprint density at radius 3 is 2.00 bits per heavy atom. The summed E-state index contributed by atoms with van der Waals surface area (Å²) < 4.78 is 0. The summed E-state index contributed by atoms with van der Waals surface area (Å²) in [4.78, 5) is 39.8. The first kappa shape index (κ1) is 18.1. The van der Waals surface area contributed by atoms with Crippen LogP contribution >= 0.6 is 0 Å². The van der Waals surface area contributed by atoms with Gasteiger partial charge in [-0.2, -0.15) is 0 Å². The van der Waals surface area contributed by atoms with Gasteiger partial charge in [-0.15, -0.1) is 0 Å². The van der Waals surface area contributed by atoms with E-state index in [0.717, 1.165) is 36.1 Å². The molecule has 0 aromatic heterocycles. The number of nitrogens with zero attached hydrogens (tertiary/aromatic N) is 1. The zero-order valence-electron chi connectivity index (χ0n) is 16.6. The fourth-order valence-corrected chi connectivity index (χ4v) is 5.68. The molecule has 2 aromatic carbocycles. The minimum atomic E-state index is -0.212. The molecule has 3 fully saturated rings. The van der Waals surface area contributed by atoms with Gasteiger partial charge < -0.3 is 5.32 Å². The van der Waals surface area contributed by atoms with E-state index >= 15 is 0 Å². The van der Waals surface area contributed by atoms with Crippen LogP contribution in [0.1, 0.15) is 40.7 Å². The maximum atomic E-state index is 12.9. The van der Waals surface area contributed by atoms with Gasteiger partial charge in [0.2, 0.25) is 11.8 Å². The molecular formula is C24H24N2O3. The zero-order chi connectivity index (χ0) is 20.3. The van der Waals surface area contributed by atoms with Crippen molar-refractivity contribution in [3.05, 3.63) is 59.2 Å². The summed E-state index contributed by atoms with van der Waals surface area (Å²) >= 11 is 0. The Labute approximate surface area is 170 Å². The molecule has 2 aliphatic carbocycles. The molecule has 2 aromatic rings. The van der Waals surface area contributed by atoms with Crippen molar-refractivity contribution < 1.29 is 14.4 Å². The summed E-state index contributed by atoms with van der Waals surface area (Å²) in [5.74, 6) is 0.154. The van der Waals surface area contributed by atoms with Crippen LogP contribution in [-0.2, 0) is 9.59 Å². The van der Waals surface area contributed by atoms with Gasteiger partial charge in [-0.1, -0.05) is 6.07 Å². The third-order valence-corrected chi connectivity index (χ3v) is 6.79. The molecule has 29 heavy (non-hydrogen) atoms. The van der Waals surface area contributed by atoms with Crippen molar-refractivity contribution in [3.8, 4) is 0 Å². The van der Waals surface area contributed by atoms with E-state index < -0.39 is 0 Å².